The minimum atomic E-state index is 0.236. The van der Waals surface area contributed by atoms with E-state index in [0.717, 1.165) is 32.5 Å². The molecule has 0 aromatic heterocycles. The van der Waals surface area contributed by atoms with Crippen LogP contribution in [0.4, 0.5) is 0 Å². The highest BCUT2D eigenvalue weighted by Gasteiger charge is 2.39. The van der Waals surface area contributed by atoms with E-state index >= 15 is 0 Å². The van der Waals surface area contributed by atoms with E-state index in [1.165, 1.54) is 11.1 Å². The first kappa shape index (κ1) is 12.6. The highest BCUT2D eigenvalue weighted by atomic mass is 16.5. The summed E-state index contributed by atoms with van der Waals surface area (Å²) in [6, 6.07) is 9.29. The van der Waals surface area contributed by atoms with E-state index in [-0.39, 0.29) is 11.5 Å². The van der Waals surface area contributed by atoms with E-state index in [1.54, 1.807) is 0 Å². The molecule has 1 fully saturated rings. The molecule has 1 unspecified atom stereocenters. The number of rotatable bonds is 5. The van der Waals surface area contributed by atoms with Gasteiger partial charge >= 0.3 is 0 Å². The van der Waals surface area contributed by atoms with E-state index < -0.39 is 0 Å². The zero-order chi connectivity index (χ0) is 12.3. The summed E-state index contributed by atoms with van der Waals surface area (Å²) in [7, 11) is 0. The second kappa shape index (κ2) is 5.19. The van der Waals surface area contributed by atoms with Gasteiger partial charge in [0, 0.05) is 11.5 Å². The van der Waals surface area contributed by atoms with Crippen LogP contribution in [0.3, 0.4) is 0 Å². The van der Waals surface area contributed by atoms with Crippen molar-refractivity contribution >= 4 is 0 Å². The topological polar surface area (TPSA) is 35.2 Å². The number of benzene rings is 1. The number of hydrogen-bond donors (Lipinski definition) is 1. The Morgan fingerprint density at radius 2 is 1.94 bits per heavy atom. The zero-order valence-corrected chi connectivity index (χ0v) is 10.9. The van der Waals surface area contributed by atoms with Gasteiger partial charge in [0.1, 0.15) is 0 Å². The van der Waals surface area contributed by atoms with Crippen molar-refractivity contribution in [1.82, 2.24) is 0 Å². The van der Waals surface area contributed by atoms with Crippen molar-refractivity contribution in [3.05, 3.63) is 35.4 Å². The largest absolute Gasteiger partial charge is 0.379 e. The van der Waals surface area contributed by atoms with Gasteiger partial charge in [-0.3, -0.25) is 0 Å². The van der Waals surface area contributed by atoms with Gasteiger partial charge in [-0.05, 0) is 37.3 Å². The minimum Gasteiger partial charge on any atom is -0.379 e. The molecule has 1 aliphatic rings. The Labute approximate surface area is 104 Å². The first-order chi connectivity index (χ1) is 8.16. The highest BCUT2D eigenvalue weighted by Crippen LogP contribution is 2.37. The Hall–Kier alpha value is -0.860. The standard InChI is InChI=1S/C15H23NO/c1-3-13-4-6-14(7-5-13)15(10-17-11-15)9-8-12(2)16/h4-7,12H,3,8-11,16H2,1-2H3. The molecule has 0 aliphatic carbocycles. The van der Waals surface area contributed by atoms with Gasteiger partial charge in [0.15, 0.2) is 0 Å². The van der Waals surface area contributed by atoms with Crippen LogP contribution in [0.25, 0.3) is 0 Å². The number of hydrogen-bond acceptors (Lipinski definition) is 2. The number of nitrogens with two attached hydrogens (primary N) is 1. The average molecular weight is 233 g/mol. The molecule has 1 atom stereocenters. The van der Waals surface area contributed by atoms with E-state index in [0.29, 0.717) is 0 Å². The summed E-state index contributed by atoms with van der Waals surface area (Å²) < 4.78 is 5.44. The predicted molar refractivity (Wildman–Crippen MR) is 71.2 cm³/mol. The van der Waals surface area contributed by atoms with Gasteiger partial charge in [0.2, 0.25) is 0 Å². The van der Waals surface area contributed by atoms with Crippen LogP contribution in [-0.4, -0.2) is 19.3 Å². The third-order valence-corrected chi connectivity index (χ3v) is 3.81. The van der Waals surface area contributed by atoms with Crippen LogP contribution in [0, 0.1) is 0 Å². The van der Waals surface area contributed by atoms with Gasteiger partial charge in [-0.2, -0.15) is 0 Å². The van der Waals surface area contributed by atoms with E-state index in [9.17, 15) is 0 Å². The molecular weight excluding hydrogens is 210 g/mol. The molecule has 1 aromatic carbocycles. The van der Waals surface area contributed by atoms with Crippen molar-refractivity contribution < 1.29 is 4.74 Å². The Kier molecular flexibility index (Phi) is 3.85. The maximum absolute atomic E-state index is 5.86. The normalized spacial score (nSPS) is 19.7. The van der Waals surface area contributed by atoms with Crippen LogP contribution >= 0.6 is 0 Å². The molecule has 17 heavy (non-hydrogen) atoms. The van der Waals surface area contributed by atoms with E-state index in [4.69, 9.17) is 10.5 Å². The average Bonchev–Trinajstić information content (AvgIpc) is 2.28. The summed E-state index contributed by atoms with van der Waals surface area (Å²) >= 11 is 0. The second-order valence-corrected chi connectivity index (χ2v) is 5.34. The molecule has 0 amide bonds. The summed E-state index contributed by atoms with van der Waals surface area (Å²) in [5, 5.41) is 0. The molecule has 1 heterocycles. The lowest BCUT2D eigenvalue weighted by molar-refractivity contribution is -0.0656. The number of ether oxygens (including phenoxy) is 1. The van der Waals surface area contributed by atoms with Gasteiger partial charge in [0.25, 0.3) is 0 Å². The molecule has 1 aliphatic heterocycles. The molecular formula is C15H23NO. The molecule has 0 radical (unpaired) electrons. The summed E-state index contributed by atoms with van der Waals surface area (Å²) in [6.07, 6.45) is 3.30. The lowest BCUT2D eigenvalue weighted by Gasteiger charge is -2.42. The van der Waals surface area contributed by atoms with Crippen molar-refractivity contribution in [2.45, 2.75) is 44.6 Å². The van der Waals surface area contributed by atoms with Crippen molar-refractivity contribution in [2.24, 2.45) is 5.73 Å². The van der Waals surface area contributed by atoms with Crippen LogP contribution in [0.5, 0.6) is 0 Å². The Morgan fingerprint density at radius 1 is 1.29 bits per heavy atom. The van der Waals surface area contributed by atoms with Gasteiger partial charge in [-0.25, -0.2) is 0 Å². The van der Waals surface area contributed by atoms with E-state index in [2.05, 4.69) is 38.1 Å². The third-order valence-electron chi connectivity index (χ3n) is 3.81. The fraction of sp³-hybridized carbons (Fsp3) is 0.600. The predicted octanol–water partition coefficient (Wildman–Crippen LogP) is 2.64. The van der Waals surface area contributed by atoms with Crippen molar-refractivity contribution in [1.29, 1.82) is 0 Å². The van der Waals surface area contributed by atoms with Gasteiger partial charge < -0.3 is 10.5 Å². The fourth-order valence-electron chi connectivity index (χ4n) is 2.40. The quantitative estimate of drug-likeness (QED) is 0.848. The lowest BCUT2D eigenvalue weighted by atomic mass is 9.74. The molecule has 2 nitrogen and oxygen atoms in total. The van der Waals surface area contributed by atoms with E-state index in [1.807, 2.05) is 0 Å². The molecule has 1 aromatic rings. The number of aryl methyl sites for hydroxylation is 1. The van der Waals surface area contributed by atoms with Gasteiger partial charge in [-0.15, -0.1) is 0 Å². The fourth-order valence-corrected chi connectivity index (χ4v) is 2.40. The van der Waals surface area contributed by atoms with Crippen LogP contribution < -0.4 is 5.73 Å². The summed E-state index contributed by atoms with van der Waals surface area (Å²) in [6.45, 7) is 5.97. The molecule has 2 N–H and O–H groups in total. The smallest absolute Gasteiger partial charge is 0.0585 e. The summed E-state index contributed by atoms with van der Waals surface area (Å²) in [5.41, 5.74) is 8.91. The minimum absolute atomic E-state index is 0.236. The summed E-state index contributed by atoms with van der Waals surface area (Å²) in [4.78, 5) is 0. The Balaban J connectivity index is 2.10. The zero-order valence-electron chi connectivity index (χ0n) is 10.9. The van der Waals surface area contributed by atoms with Crippen molar-refractivity contribution in [3.8, 4) is 0 Å². The lowest BCUT2D eigenvalue weighted by Crippen LogP contribution is -2.47. The molecule has 0 spiro atoms. The Bertz CT molecular complexity index is 352. The van der Waals surface area contributed by atoms with Crippen LogP contribution in [-0.2, 0) is 16.6 Å². The van der Waals surface area contributed by atoms with Crippen LogP contribution in [0.2, 0.25) is 0 Å². The van der Waals surface area contributed by atoms with Crippen molar-refractivity contribution in [3.63, 3.8) is 0 Å². The van der Waals surface area contributed by atoms with Gasteiger partial charge in [-0.1, -0.05) is 31.2 Å². The second-order valence-electron chi connectivity index (χ2n) is 5.34. The first-order valence-electron chi connectivity index (χ1n) is 6.59. The monoisotopic (exact) mass is 233 g/mol. The van der Waals surface area contributed by atoms with Gasteiger partial charge in [0.05, 0.1) is 13.2 Å². The molecule has 94 valence electrons. The first-order valence-corrected chi connectivity index (χ1v) is 6.59. The maximum Gasteiger partial charge on any atom is 0.0585 e. The van der Waals surface area contributed by atoms with Crippen molar-refractivity contribution in [2.75, 3.05) is 13.2 Å². The molecule has 2 rings (SSSR count). The van der Waals surface area contributed by atoms with Crippen LogP contribution in [0.15, 0.2) is 24.3 Å². The SMILES string of the molecule is CCc1ccc(C2(CCC(C)N)COC2)cc1. The third kappa shape index (κ3) is 2.70. The summed E-state index contributed by atoms with van der Waals surface area (Å²) in [5.74, 6) is 0. The highest BCUT2D eigenvalue weighted by molar-refractivity contribution is 5.31. The molecule has 0 bridgehead atoms. The molecule has 2 heteroatoms. The Morgan fingerprint density at radius 3 is 2.35 bits per heavy atom. The maximum atomic E-state index is 5.86. The molecule has 1 saturated heterocycles. The molecule has 0 saturated carbocycles. The van der Waals surface area contributed by atoms with Crippen LogP contribution in [0.1, 0.15) is 37.8 Å².